The molecule has 0 saturated carbocycles. The van der Waals surface area contributed by atoms with Crippen LogP contribution in [0.2, 0.25) is 0 Å². The van der Waals surface area contributed by atoms with Gasteiger partial charge in [0.25, 0.3) is 0 Å². The zero-order valence-corrected chi connectivity index (χ0v) is 10.6. The highest BCUT2D eigenvalue weighted by molar-refractivity contribution is 5.92. The third-order valence-corrected chi connectivity index (χ3v) is 2.70. The van der Waals surface area contributed by atoms with Gasteiger partial charge in [-0.3, -0.25) is 9.59 Å². The standard InChI is InChI=1S/C13H19N3O2/c1-8(2)11(14)13(18)16-7-9-4-3-5-10(6-9)12(15)17/h3-6,8,11H,7,14H2,1-2H3,(H2,15,17)(H,16,18). The fraction of sp³-hybridized carbons (Fsp3) is 0.385. The maximum atomic E-state index is 11.6. The number of hydrogen-bond donors (Lipinski definition) is 3. The Balaban J connectivity index is 2.61. The summed E-state index contributed by atoms with van der Waals surface area (Å²) in [5.41, 5.74) is 12.1. The number of carbonyl (C=O) groups excluding carboxylic acids is 2. The van der Waals surface area contributed by atoms with E-state index in [9.17, 15) is 9.59 Å². The van der Waals surface area contributed by atoms with Crippen molar-refractivity contribution in [3.63, 3.8) is 0 Å². The van der Waals surface area contributed by atoms with Crippen LogP contribution in [0.5, 0.6) is 0 Å². The van der Waals surface area contributed by atoms with E-state index in [2.05, 4.69) is 5.32 Å². The van der Waals surface area contributed by atoms with E-state index in [1.54, 1.807) is 18.2 Å². The monoisotopic (exact) mass is 249 g/mol. The Morgan fingerprint density at radius 3 is 2.56 bits per heavy atom. The number of rotatable bonds is 5. The van der Waals surface area contributed by atoms with Gasteiger partial charge >= 0.3 is 0 Å². The van der Waals surface area contributed by atoms with Crippen molar-refractivity contribution in [2.75, 3.05) is 0 Å². The first-order valence-electron chi connectivity index (χ1n) is 5.84. The number of benzene rings is 1. The summed E-state index contributed by atoms with van der Waals surface area (Å²) in [7, 11) is 0. The van der Waals surface area contributed by atoms with Crippen molar-refractivity contribution in [2.24, 2.45) is 17.4 Å². The summed E-state index contributed by atoms with van der Waals surface area (Å²) in [4.78, 5) is 22.7. The topological polar surface area (TPSA) is 98.2 Å². The maximum absolute atomic E-state index is 11.6. The highest BCUT2D eigenvalue weighted by atomic mass is 16.2. The zero-order chi connectivity index (χ0) is 13.7. The third-order valence-electron chi connectivity index (χ3n) is 2.70. The minimum atomic E-state index is -0.524. The molecule has 98 valence electrons. The second-order valence-corrected chi connectivity index (χ2v) is 4.55. The van der Waals surface area contributed by atoms with Crippen LogP contribution < -0.4 is 16.8 Å². The molecule has 5 heteroatoms. The summed E-state index contributed by atoms with van der Waals surface area (Å²) in [5, 5.41) is 2.73. The molecular formula is C13H19N3O2. The Morgan fingerprint density at radius 1 is 1.33 bits per heavy atom. The van der Waals surface area contributed by atoms with Crippen LogP contribution in [0.25, 0.3) is 0 Å². The fourth-order valence-electron chi connectivity index (χ4n) is 1.44. The highest BCUT2D eigenvalue weighted by Crippen LogP contribution is 2.05. The average molecular weight is 249 g/mol. The van der Waals surface area contributed by atoms with Gasteiger partial charge < -0.3 is 16.8 Å². The van der Waals surface area contributed by atoms with Crippen LogP contribution in [0.1, 0.15) is 29.8 Å². The maximum Gasteiger partial charge on any atom is 0.248 e. The summed E-state index contributed by atoms with van der Waals surface area (Å²) < 4.78 is 0. The molecule has 1 aromatic rings. The van der Waals surface area contributed by atoms with Gasteiger partial charge in [-0.25, -0.2) is 0 Å². The average Bonchev–Trinajstić information content (AvgIpc) is 2.35. The van der Waals surface area contributed by atoms with Gasteiger partial charge in [0.15, 0.2) is 0 Å². The van der Waals surface area contributed by atoms with Crippen molar-refractivity contribution < 1.29 is 9.59 Å². The molecule has 0 heterocycles. The van der Waals surface area contributed by atoms with Gasteiger partial charge in [-0.2, -0.15) is 0 Å². The van der Waals surface area contributed by atoms with Crippen LogP contribution in [-0.2, 0) is 11.3 Å². The summed E-state index contributed by atoms with van der Waals surface area (Å²) in [6, 6.07) is 6.30. The Hall–Kier alpha value is -1.88. The van der Waals surface area contributed by atoms with E-state index in [4.69, 9.17) is 11.5 Å². The summed E-state index contributed by atoms with van der Waals surface area (Å²) in [5.74, 6) is -0.599. The number of nitrogens with two attached hydrogens (primary N) is 2. The predicted molar refractivity (Wildman–Crippen MR) is 69.6 cm³/mol. The third kappa shape index (κ3) is 3.85. The van der Waals surface area contributed by atoms with Gasteiger partial charge in [-0.05, 0) is 23.6 Å². The molecule has 5 nitrogen and oxygen atoms in total. The molecule has 1 atom stereocenters. The number of primary amides is 1. The Labute approximate surface area is 107 Å². The van der Waals surface area contributed by atoms with Crippen molar-refractivity contribution in [2.45, 2.75) is 26.4 Å². The first-order valence-corrected chi connectivity index (χ1v) is 5.84. The number of carbonyl (C=O) groups is 2. The van der Waals surface area contributed by atoms with Crippen molar-refractivity contribution >= 4 is 11.8 Å². The van der Waals surface area contributed by atoms with Crippen LogP contribution in [0, 0.1) is 5.92 Å². The van der Waals surface area contributed by atoms with E-state index in [-0.39, 0.29) is 11.8 Å². The van der Waals surface area contributed by atoms with Crippen molar-refractivity contribution in [1.82, 2.24) is 5.32 Å². The Kier molecular flexibility index (Phi) is 4.85. The molecule has 0 aromatic heterocycles. The lowest BCUT2D eigenvalue weighted by Crippen LogP contribution is -2.43. The van der Waals surface area contributed by atoms with E-state index >= 15 is 0 Å². The van der Waals surface area contributed by atoms with E-state index in [0.29, 0.717) is 12.1 Å². The second-order valence-electron chi connectivity index (χ2n) is 4.55. The van der Waals surface area contributed by atoms with Crippen LogP contribution in [0.4, 0.5) is 0 Å². The quantitative estimate of drug-likeness (QED) is 0.703. The molecule has 0 fully saturated rings. The largest absolute Gasteiger partial charge is 0.366 e. The summed E-state index contributed by atoms with van der Waals surface area (Å²) in [6.07, 6.45) is 0. The van der Waals surface area contributed by atoms with Crippen molar-refractivity contribution in [1.29, 1.82) is 0 Å². The lowest BCUT2D eigenvalue weighted by molar-refractivity contribution is -0.123. The molecule has 1 rings (SSSR count). The molecule has 0 saturated heterocycles. The van der Waals surface area contributed by atoms with Crippen LogP contribution in [0.15, 0.2) is 24.3 Å². The first kappa shape index (κ1) is 14.2. The van der Waals surface area contributed by atoms with Gasteiger partial charge in [0.05, 0.1) is 6.04 Å². The molecule has 2 amide bonds. The molecule has 1 unspecified atom stereocenters. The molecule has 5 N–H and O–H groups in total. The smallest absolute Gasteiger partial charge is 0.248 e. The minimum absolute atomic E-state index is 0.0851. The molecule has 0 radical (unpaired) electrons. The zero-order valence-electron chi connectivity index (χ0n) is 10.6. The predicted octanol–water partition coefficient (Wildman–Crippen LogP) is 0.385. The Bertz CT molecular complexity index is 444. The molecular weight excluding hydrogens is 230 g/mol. The SMILES string of the molecule is CC(C)C(N)C(=O)NCc1cccc(C(N)=O)c1. The normalized spacial score (nSPS) is 12.2. The number of amides is 2. The van der Waals surface area contributed by atoms with Crippen LogP contribution in [-0.4, -0.2) is 17.9 Å². The molecule has 0 aliphatic rings. The summed E-state index contributed by atoms with van der Waals surface area (Å²) in [6.45, 7) is 4.11. The fourth-order valence-corrected chi connectivity index (χ4v) is 1.44. The van der Waals surface area contributed by atoms with Gasteiger partial charge in [-0.1, -0.05) is 26.0 Å². The lowest BCUT2D eigenvalue weighted by Gasteiger charge is -2.15. The van der Waals surface area contributed by atoms with Gasteiger partial charge in [0.2, 0.25) is 11.8 Å². The van der Waals surface area contributed by atoms with E-state index in [0.717, 1.165) is 5.56 Å². The molecule has 0 bridgehead atoms. The van der Waals surface area contributed by atoms with Crippen molar-refractivity contribution in [3.05, 3.63) is 35.4 Å². The van der Waals surface area contributed by atoms with Gasteiger partial charge in [0.1, 0.15) is 0 Å². The lowest BCUT2D eigenvalue weighted by atomic mass is 10.0. The highest BCUT2D eigenvalue weighted by Gasteiger charge is 2.16. The van der Waals surface area contributed by atoms with E-state index < -0.39 is 11.9 Å². The molecule has 0 spiro atoms. The van der Waals surface area contributed by atoms with Crippen molar-refractivity contribution in [3.8, 4) is 0 Å². The van der Waals surface area contributed by atoms with E-state index in [1.165, 1.54) is 0 Å². The second kappa shape index (κ2) is 6.16. The number of hydrogen-bond acceptors (Lipinski definition) is 3. The molecule has 0 aliphatic heterocycles. The summed E-state index contributed by atoms with van der Waals surface area (Å²) >= 11 is 0. The Morgan fingerprint density at radius 2 is 2.00 bits per heavy atom. The van der Waals surface area contributed by atoms with Gasteiger partial charge in [0, 0.05) is 12.1 Å². The molecule has 1 aromatic carbocycles. The van der Waals surface area contributed by atoms with E-state index in [1.807, 2.05) is 19.9 Å². The van der Waals surface area contributed by atoms with Crippen LogP contribution in [0.3, 0.4) is 0 Å². The minimum Gasteiger partial charge on any atom is -0.366 e. The first-order chi connectivity index (χ1) is 8.41. The molecule has 18 heavy (non-hydrogen) atoms. The number of nitrogens with one attached hydrogen (secondary N) is 1. The van der Waals surface area contributed by atoms with Crippen LogP contribution >= 0.6 is 0 Å². The van der Waals surface area contributed by atoms with Gasteiger partial charge in [-0.15, -0.1) is 0 Å². The molecule has 0 aliphatic carbocycles.